The topological polar surface area (TPSA) is 39.7 Å². The monoisotopic (exact) mass is 412 g/mol. The lowest BCUT2D eigenvalue weighted by atomic mass is 9.89. The molecule has 0 saturated heterocycles. The van der Waals surface area contributed by atoms with Crippen molar-refractivity contribution in [2.45, 2.75) is 59.9 Å². The molecule has 1 unspecified atom stereocenters. The largest absolute Gasteiger partial charge is 0.357 e. The average molecular weight is 412 g/mol. The zero-order valence-electron chi connectivity index (χ0n) is 15.1. The first-order valence-corrected chi connectivity index (χ1v) is 7.94. The SMILES string of the molecule is CCNC(=NCCCN(C)C)NC(C)CCC(C)(C)C.I. The zero-order valence-corrected chi connectivity index (χ0v) is 17.5. The zero-order chi connectivity index (χ0) is 15.6. The van der Waals surface area contributed by atoms with Crippen LogP contribution < -0.4 is 10.6 Å². The summed E-state index contributed by atoms with van der Waals surface area (Å²) < 4.78 is 0. The molecule has 21 heavy (non-hydrogen) atoms. The number of rotatable bonds is 8. The Balaban J connectivity index is 0. The average Bonchev–Trinajstić information content (AvgIpc) is 2.31. The van der Waals surface area contributed by atoms with Crippen LogP contribution in [-0.2, 0) is 0 Å². The van der Waals surface area contributed by atoms with Gasteiger partial charge in [-0.25, -0.2) is 0 Å². The molecule has 0 aliphatic heterocycles. The number of nitrogens with zero attached hydrogens (tertiary/aromatic N) is 2. The van der Waals surface area contributed by atoms with Gasteiger partial charge >= 0.3 is 0 Å². The molecule has 0 bridgehead atoms. The van der Waals surface area contributed by atoms with Crippen LogP contribution in [0.25, 0.3) is 0 Å². The van der Waals surface area contributed by atoms with Gasteiger partial charge in [-0.15, -0.1) is 24.0 Å². The van der Waals surface area contributed by atoms with Crippen molar-refractivity contribution in [3.05, 3.63) is 0 Å². The maximum absolute atomic E-state index is 4.64. The van der Waals surface area contributed by atoms with Crippen LogP contribution in [0.15, 0.2) is 4.99 Å². The van der Waals surface area contributed by atoms with Gasteiger partial charge < -0.3 is 15.5 Å². The van der Waals surface area contributed by atoms with Gasteiger partial charge in [0.05, 0.1) is 0 Å². The summed E-state index contributed by atoms with van der Waals surface area (Å²) in [5.74, 6) is 0.952. The molecule has 0 rings (SSSR count). The van der Waals surface area contributed by atoms with Crippen molar-refractivity contribution < 1.29 is 0 Å². The fourth-order valence-corrected chi connectivity index (χ4v) is 1.85. The van der Waals surface area contributed by atoms with E-state index in [1.807, 2.05) is 0 Å². The number of halogens is 1. The predicted molar refractivity (Wildman–Crippen MR) is 106 cm³/mol. The van der Waals surface area contributed by atoms with Crippen LogP contribution in [0.1, 0.15) is 53.9 Å². The Bertz CT molecular complexity index is 272. The molecule has 0 fully saturated rings. The van der Waals surface area contributed by atoms with Crippen molar-refractivity contribution >= 4 is 29.9 Å². The van der Waals surface area contributed by atoms with Crippen molar-refractivity contribution in [1.82, 2.24) is 15.5 Å². The Morgan fingerprint density at radius 1 is 1.24 bits per heavy atom. The lowest BCUT2D eigenvalue weighted by Gasteiger charge is -2.23. The summed E-state index contributed by atoms with van der Waals surface area (Å²) in [6.45, 7) is 14.1. The van der Waals surface area contributed by atoms with Gasteiger partial charge in [-0.3, -0.25) is 4.99 Å². The molecule has 2 N–H and O–H groups in total. The van der Waals surface area contributed by atoms with E-state index in [1.165, 1.54) is 12.8 Å². The van der Waals surface area contributed by atoms with E-state index < -0.39 is 0 Å². The van der Waals surface area contributed by atoms with Crippen LogP contribution in [0.4, 0.5) is 0 Å². The summed E-state index contributed by atoms with van der Waals surface area (Å²) >= 11 is 0. The first-order valence-electron chi connectivity index (χ1n) is 7.94. The lowest BCUT2D eigenvalue weighted by molar-refractivity contribution is 0.346. The number of hydrogen-bond donors (Lipinski definition) is 2. The summed E-state index contributed by atoms with van der Waals surface area (Å²) in [4.78, 5) is 6.83. The van der Waals surface area contributed by atoms with Crippen molar-refractivity contribution in [3.63, 3.8) is 0 Å². The van der Waals surface area contributed by atoms with Crippen molar-refractivity contribution in [3.8, 4) is 0 Å². The number of aliphatic imine (C=N–C) groups is 1. The first-order chi connectivity index (χ1) is 9.24. The Kier molecular flexibility index (Phi) is 13.8. The second-order valence-corrected chi connectivity index (χ2v) is 7.06. The van der Waals surface area contributed by atoms with Gasteiger partial charge in [0.1, 0.15) is 0 Å². The molecular formula is C16H37IN4. The van der Waals surface area contributed by atoms with E-state index in [0.29, 0.717) is 11.5 Å². The van der Waals surface area contributed by atoms with Crippen LogP contribution in [0.3, 0.4) is 0 Å². The Labute approximate surface area is 149 Å². The van der Waals surface area contributed by atoms with E-state index in [1.54, 1.807) is 0 Å². The van der Waals surface area contributed by atoms with E-state index in [4.69, 9.17) is 0 Å². The molecule has 0 spiro atoms. The van der Waals surface area contributed by atoms with Gasteiger partial charge in [0.2, 0.25) is 0 Å². The molecule has 0 aromatic carbocycles. The smallest absolute Gasteiger partial charge is 0.191 e. The molecule has 1 atom stereocenters. The quantitative estimate of drug-likeness (QED) is 0.278. The third-order valence-corrected chi connectivity index (χ3v) is 3.09. The highest BCUT2D eigenvalue weighted by Crippen LogP contribution is 2.21. The summed E-state index contributed by atoms with van der Waals surface area (Å²) in [6, 6.07) is 0.459. The van der Waals surface area contributed by atoms with Crippen LogP contribution in [0, 0.1) is 5.41 Å². The van der Waals surface area contributed by atoms with E-state index in [-0.39, 0.29) is 24.0 Å². The second kappa shape index (κ2) is 12.5. The highest BCUT2D eigenvalue weighted by Gasteiger charge is 2.13. The number of nitrogens with one attached hydrogen (secondary N) is 2. The first kappa shape index (κ1) is 23.2. The molecule has 4 nitrogen and oxygen atoms in total. The van der Waals surface area contributed by atoms with Gasteiger partial charge in [0.15, 0.2) is 5.96 Å². The van der Waals surface area contributed by atoms with Crippen LogP contribution in [0.2, 0.25) is 0 Å². The molecule has 0 aliphatic carbocycles. The Morgan fingerprint density at radius 2 is 1.86 bits per heavy atom. The minimum absolute atomic E-state index is 0. The molecule has 0 aromatic rings. The van der Waals surface area contributed by atoms with Gasteiger partial charge in [-0.1, -0.05) is 20.8 Å². The fourth-order valence-electron chi connectivity index (χ4n) is 1.85. The summed E-state index contributed by atoms with van der Waals surface area (Å²) in [7, 11) is 4.20. The van der Waals surface area contributed by atoms with Crippen LogP contribution in [0.5, 0.6) is 0 Å². The van der Waals surface area contributed by atoms with E-state index in [2.05, 4.69) is 69.2 Å². The van der Waals surface area contributed by atoms with Gasteiger partial charge in [-0.2, -0.15) is 0 Å². The highest BCUT2D eigenvalue weighted by atomic mass is 127. The minimum atomic E-state index is 0. The summed E-state index contributed by atoms with van der Waals surface area (Å²) in [5, 5.41) is 6.83. The standard InChI is InChI=1S/C16H36N4.HI/c1-8-17-15(18-12-9-13-20(6)7)19-14(2)10-11-16(3,4)5;/h14H,8-13H2,1-7H3,(H2,17,18,19);1H. The Hall–Kier alpha value is -0.0400. The van der Waals surface area contributed by atoms with Gasteiger partial charge in [-0.05, 0) is 59.2 Å². The van der Waals surface area contributed by atoms with Crippen molar-refractivity contribution in [2.75, 3.05) is 33.7 Å². The van der Waals surface area contributed by atoms with Gasteiger partial charge in [0.25, 0.3) is 0 Å². The lowest BCUT2D eigenvalue weighted by Crippen LogP contribution is -2.42. The fraction of sp³-hybridized carbons (Fsp3) is 0.938. The third-order valence-electron chi connectivity index (χ3n) is 3.09. The van der Waals surface area contributed by atoms with E-state index >= 15 is 0 Å². The van der Waals surface area contributed by atoms with Crippen LogP contribution in [-0.4, -0.2) is 50.6 Å². The molecule has 0 radical (unpaired) electrons. The Morgan fingerprint density at radius 3 is 2.33 bits per heavy atom. The summed E-state index contributed by atoms with van der Waals surface area (Å²) in [5.41, 5.74) is 0.400. The van der Waals surface area contributed by atoms with Crippen LogP contribution >= 0.6 is 24.0 Å². The van der Waals surface area contributed by atoms with Crippen molar-refractivity contribution in [1.29, 1.82) is 0 Å². The normalized spacial score (nSPS) is 13.8. The second-order valence-electron chi connectivity index (χ2n) is 7.06. The van der Waals surface area contributed by atoms with E-state index in [0.717, 1.165) is 32.0 Å². The molecule has 0 heterocycles. The predicted octanol–water partition coefficient (Wildman–Crippen LogP) is 3.33. The molecule has 0 aromatic heterocycles. The minimum Gasteiger partial charge on any atom is -0.357 e. The molecule has 128 valence electrons. The number of hydrogen-bond acceptors (Lipinski definition) is 2. The molecular weight excluding hydrogens is 375 g/mol. The van der Waals surface area contributed by atoms with Gasteiger partial charge in [0, 0.05) is 19.1 Å². The summed E-state index contributed by atoms with van der Waals surface area (Å²) in [6.07, 6.45) is 3.49. The third kappa shape index (κ3) is 16.2. The molecule has 0 amide bonds. The van der Waals surface area contributed by atoms with Crippen molar-refractivity contribution in [2.24, 2.45) is 10.4 Å². The maximum atomic E-state index is 4.64. The molecule has 0 saturated carbocycles. The number of guanidine groups is 1. The highest BCUT2D eigenvalue weighted by molar-refractivity contribution is 14.0. The van der Waals surface area contributed by atoms with E-state index in [9.17, 15) is 0 Å². The molecule has 5 heteroatoms. The molecule has 0 aliphatic rings. The maximum Gasteiger partial charge on any atom is 0.191 e.